The van der Waals surface area contributed by atoms with Crippen LogP contribution in [-0.4, -0.2) is 52.9 Å². The molecule has 2 fully saturated rings. The van der Waals surface area contributed by atoms with Gasteiger partial charge in [-0.15, -0.1) is 0 Å². The second-order valence-corrected chi connectivity index (χ2v) is 10.8. The standard InChI is InChI=1S/C31H31F5N2O5/c1-16-22(13-38-11-3-6-21(38)15-40)42-31(43-29(16)18-9-7-17(14-39)8-10-18)19-4-2-5-20(12-19)37-30(41)23-24(32)26(34)28(36)27(35)25(23)33/h2,4-5,7-10,12,16,21-22,29,31,39-40H,3,6,11,13-15H2,1H3,(H,37,41)/t16-,21+,22+,29+,31+/m1/s1. The number of amides is 1. The van der Waals surface area contributed by atoms with Crippen LogP contribution < -0.4 is 5.32 Å². The summed E-state index contributed by atoms with van der Waals surface area (Å²) in [7, 11) is 0. The molecule has 2 aliphatic rings. The number of likely N-dealkylation sites (tertiary alicyclic amines) is 1. The van der Waals surface area contributed by atoms with Crippen molar-refractivity contribution in [2.45, 2.75) is 50.9 Å². The molecule has 12 heteroatoms. The van der Waals surface area contributed by atoms with Crippen molar-refractivity contribution in [2.75, 3.05) is 25.0 Å². The number of nitrogens with zero attached hydrogens (tertiary/aromatic N) is 1. The van der Waals surface area contributed by atoms with Crippen molar-refractivity contribution >= 4 is 11.6 Å². The number of nitrogens with one attached hydrogen (secondary N) is 1. The number of carbonyl (C=O) groups excluding carboxylic acids is 1. The minimum atomic E-state index is -2.36. The maximum atomic E-state index is 14.2. The molecule has 0 aliphatic carbocycles. The molecule has 0 spiro atoms. The number of aliphatic hydroxyl groups excluding tert-OH is 2. The monoisotopic (exact) mass is 606 g/mol. The number of halogens is 5. The summed E-state index contributed by atoms with van der Waals surface area (Å²) in [6.45, 7) is 3.23. The van der Waals surface area contributed by atoms with Crippen LogP contribution in [0.25, 0.3) is 0 Å². The molecule has 3 aromatic rings. The van der Waals surface area contributed by atoms with Crippen molar-refractivity contribution in [3.8, 4) is 0 Å². The number of ether oxygens (including phenoxy) is 2. The number of hydrogen-bond donors (Lipinski definition) is 3. The summed E-state index contributed by atoms with van der Waals surface area (Å²) < 4.78 is 82.1. The van der Waals surface area contributed by atoms with Crippen LogP contribution in [0.1, 0.15) is 59.2 Å². The van der Waals surface area contributed by atoms with Crippen LogP contribution >= 0.6 is 0 Å². The van der Waals surface area contributed by atoms with Crippen LogP contribution in [-0.2, 0) is 16.1 Å². The Morgan fingerprint density at radius 2 is 1.60 bits per heavy atom. The summed E-state index contributed by atoms with van der Waals surface area (Å²) in [5, 5.41) is 21.5. The first-order valence-electron chi connectivity index (χ1n) is 13.9. The third kappa shape index (κ3) is 6.29. The molecule has 2 aliphatic heterocycles. The summed E-state index contributed by atoms with van der Waals surface area (Å²) in [6, 6.07) is 13.3. The predicted octanol–water partition coefficient (Wildman–Crippen LogP) is 5.37. The Morgan fingerprint density at radius 3 is 2.26 bits per heavy atom. The van der Waals surface area contributed by atoms with Gasteiger partial charge in [-0.1, -0.05) is 43.3 Å². The van der Waals surface area contributed by atoms with Gasteiger partial charge in [-0.2, -0.15) is 0 Å². The van der Waals surface area contributed by atoms with Crippen LogP contribution in [0, 0.1) is 35.0 Å². The Labute approximate surface area is 244 Å². The van der Waals surface area contributed by atoms with Gasteiger partial charge in [0.1, 0.15) is 5.56 Å². The van der Waals surface area contributed by atoms with E-state index in [0.717, 1.165) is 30.5 Å². The molecule has 1 amide bonds. The molecule has 2 saturated heterocycles. The van der Waals surface area contributed by atoms with E-state index in [0.29, 0.717) is 12.1 Å². The topological polar surface area (TPSA) is 91.3 Å². The molecule has 0 unspecified atom stereocenters. The van der Waals surface area contributed by atoms with Crippen LogP contribution in [0.3, 0.4) is 0 Å². The first-order chi connectivity index (χ1) is 20.6. The lowest BCUT2D eigenvalue weighted by molar-refractivity contribution is -0.276. The maximum absolute atomic E-state index is 14.2. The van der Waals surface area contributed by atoms with Crippen LogP contribution in [0.2, 0.25) is 0 Å². The third-order valence-corrected chi connectivity index (χ3v) is 8.10. The van der Waals surface area contributed by atoms with Gasteiger partial charge in [-0.3, -0.25) is 9.69 Å². The van der Waals surface area contributed by atoms with Crippen molar-refractivity contribution in [2.24, 2.45) is 5.92 Å². The number of aliphatic hydroxyl groups is 2. The molecular weight excluding hydrogens is 575 g/mol. The molecule has 7 nitrogen and oxygen atoms in total. The predicted molar refractivity (Wildman–Crippen MR) is 145 cm³/mol. The molecule has 0 bridgehead atoms. The summed E-state index contributed by atoms with van der Waals surface area (Å²) in [5.74, 6) is -12.9. The van der Waals surface area contributed by atoms with Gasteiger partial charge in [0.2, 0.25) is 5.82 Å². The van der Waals surface area contributed by atoms with Crippen LogP contribution in [0.5, 0.6) is 0 Å². The average molecular weight is 607 g/mol. The smallest absolute Gasteiger partial charge is 0.261 e. The highest BCUT2D eigenvalue weighted by molar-refractivity contribution is 6.04. The van der Waals surface area contributed by atoms with Crippen molar-refractivity contribution < 1.29 is 46.4 Å². The molecule has 0 saturated carbocycles. The largest absolute Gasteiger partial charge is 0.395 e. The van der Waals surface area contributed by atoms with Crippen LogP contribution in [0.15, 0.2) is 48.5 Å². The SMILES string of the molecule is C[C@@H]1[C@H](CN2CCC[C@H]2CO)O[C@H](c2cccc(NC(=O)c3c(F)c(F)c(F)c(F)c3F)c2)O[C@@H]1c1ccc(CO)cc1. The Hall–Kier alpha value is -3.42. The Morgan fingerprint density at radius 1 is 0.930 bits per heavy atom. The van der Waals surface area contributed by atoms with E-state index in [1.165, 1.54) is 18.2 Å². The van der Waals surface area contributed by atoms with E-state index in [1.54, 1.807) is 18.2 Å². The van der Waals surface area contributed by atoms with Crippen molar-refractivity contribution in [1.82, 2.24) is 4.90 Å². The van der Waals surface area contributed by atoms with Gasteiger partial charge in [-0.05, 0) is 42.6 Å². The zero-order valence-electron chi connectivity index (χ0n) is 23.2. The van der Waals surface area contributed by atoms with Crippen LogP contribution in [0.4, 0.5) is 27.6 Å². The highest BCUT2D eigenvalue weighted by Crippen LogP contribution is 2.42. The first-order valence-corrected chi connectivity index (χ1v) is 13.9. The molecule has 3 aromatic carbocycles. The summed E-state index contributed by atoms with van der Waals surface area (Å²) >= 11 is 0. The molecule has 5 atom stereocenters. The second-order valence-electron chi connectivity index (χ2n) is 10.8. The van der Waals surface area contributed by atoms with Gasteiger partial charge in [0, 0.05) is 29.8 Å². The zero-order chi connectivity index (χ0) is 30.8. The number of hydrogen-bond acceptors (Lipinski definition) is 6. The zero-order valence-corrected chi connectivity index (χ0v) is 23.2. The molecule has 3 N–H and O–H groups in total. The van der Waals surface area contributed by atoms with Gasteiger partial charge < -0.3 is 25.0 Å². The lowest BCUT2D eigenvalue weighted by Gasteiger charge is -2.43. The Kier molecular flexibility index (Phi) is 9.42. The van der Waals surface area contributed by atoms with Crippen molar-refractivity contribution in [3.05, 3.63) is 99.9 Å². The molecule has 2 heterocycles. The van der Waals surface area contributed by atoms with Gasteiger partial charge in [0.05, 0.1) is 25.4 Å². The molecular formula is C31H31F5N2O5. The third-order valence-electron chi connectivity index (χ3n) is 8.10. The Bertz CT molecular complexity index is 1440. The fourth-order valence-electron chi connectivity index (χ4n) is 5.66. The molecule has 0 radical (unpaired) electrons. The fraction of sp³-hybridized carbons (Fsp3) is 0.387. The summed E-state index contributed by atoms with van der Waals surface area (Å²) in [5.41, 5.74) is 0.425. The highest BCUT2D eigenvalue weighted by atomic mass is 19.2. The molecule has 43 heavy (non-hydrogen) atoms. The van der Waals surface area contributed by atoms with E-state index in [4.69, 9.17) is 9.47 Å². The summed E-state index contributed by atoms with van der Waals surface area (Å²) in [6.07, 6.45) is 0.0699. The summed E-state index contributed by atoms with van der Waals surface area (Å²) in [4.78, 5) is 14.8. The van der Waals surface area contributed by atoms with E-state index in [9.17, 15) is 37.0 Å². The van der Waals surface area contributed by atoms with E-state index in [-0.39, 0.29) is 37.0 Å². The minimum absolute atomic E-state index is 0.0116. The minimum Gasteiger partial charge on any atom is -0.395 e. The first kappa shape index (κ1) is 31.0. The lowest BCUT2D eigenvalue weighted by atomic mass is 9.90. The van der Waals surface area contributed by atoms with E-state index < -0.39 is 53.0 Å². The van der Waals surface area contributed by atoms with E-state index >= 15 is 0 Å². The quantitative estimate of drug-likeness (QED) is 0.181. The number of carbonyl (C=O) groups is 1. The number of benzene rings is 3. The molecule has 5 rings (SSSR count). The average Bonchev–Trinajstić information content (AvgIpc) is 3.47. The lowest BCUT2D eigenvalue weighted by Crippen LogP contribution is -2.46. The number of rotatable bonds is 8. The fourth-order valence-corrected chi connectivity index (χ4v) is 5.66. The van der Waals surface area contributed by atoms with Crippen molar-refractivity contribution in [3.63, 3.8) is 0 Å². The van der Waals surface area contributed by atoms with Crippen molar-refractivity contribution in [1.29, 1.82) is 0 Å². The maximum Gasteiger partial charge on any atom is 0.261 e. The Balaban J connectivity index is 1.42. The molecule has 230 valence electrons. The van der Waals surface area contributed by atoms with Gasteiger partial charge >= 0.3 is 0 Å². The normalized spacial score (nSPS) is 24.3. The van der Waals surface area contributed by atoms with Gasteiger partial charge in [-0.25, -0.2) is 22.0 Å². The second kappa shape index (κ2) is 13.1. The van der Waals surface area contributed by atoms with Gasteiger partial charge in [0.25, 0.3) is 5.91 Å². The highest BCUT2D eigenvalue weighted by Gasteiger charge is 2.40. The van der Waals surface area contributed by atoms with Gasteiger partial charge in [0.15, 0.2) is 29.6 Å². The van der Waals surface area contributed by atoms with E-state index in [1.807, 2.05) is 19.1 Å². The van der Waals surface area contributed by atoms with E-state index in [2.05, 4.69) is 10.2 Å². The number of anilines is 1. The molecule has 0 aromatic heterocycles.